The van der Waals surface area contributed by atoms with Crippen LogP contribution < -0.4 is 10.0 Å². The van der Waals surface area contributed by atoms with Crippen molar-refractivity contribution in [2.75, 3.05) is 6.54 Å². The first-order chi connectivity index (χ1) is 7.34. The van der Waals surface area contributed by atoms with Crippen molar-refractivity contribution in [3.8, 4) is 0 Å². The summed E-state index contributed by atoms with van der Waals surface area (Å²) in [7, 11) is -3.78. The van der Waals surface area contributed by atoms with Gasteiger partial charge in [0.15, 0.2) is 5.25 Å². The highest BCUT2D eigenvalue weighted by molar-refractivity contribution is 7.90. The van der Waals surface area contributed by atoms with Gasteiger partial charge in [-0.1, -0.05) is 0 Å². The lowest BCUT2D eigenvalue weighted by atomic mass is 10.0. The Hall–Kier alpha value is -0.660. The summed E-state index contributed by atoms with van der Waals surface area (Å²) in [5.41, 5.74) is 0. The molecule has 94 valence electrons. The van der Waals surface area contributed by atoms with Gasteiger partial charge in [0.2, 0.25) is 10.0 Å². The lowest BCUT2D eigenvalue weighted by molar-refractivity contribution is -0.136. The van der Waals surface area contributed by atoms with Crippen LogP contribution in [0.1, 0.15) is 26.7 Å². The Morgan fingerprint density at radius 3 is 2.69 bits per heavy atom. The molecular weight excluding hydrogens is 232 g/mol. The van der Waals surface area contributed by atoms with E-state index in [1.165, 1.54) is 6.92 Å². The fourth-order valence-corrected chi connectivity index (χ4v) is 2.86. The van der Waals surface area contributed by atoms with Crippen LogP contribution >= 0.6 is 0 Å². The molecule has 0 bridgehead atoms. The number of carbonyl (C=O) groups is 1. The van der Waals surface area contributed by atoms with Gasteiger partial charge in [0.1, 0.15) is 0 Å². The number of hydrogen-bond donors (Lipinski definition) is 3. The molecule has 0 aliphatic carbocycles. The van der Waals surface area contributed by atoms with E-state index in [4.69, 9.17) is 5.11 Å². The smallest absolute Gasteiger partial charge is 0.323 e. The van der Waals surface area contributed by atoms with Crippen molar-refractivity contribution in [3.63, 3.8) is 0 Å². The van der Waals surface area contributed by atoms with Crippen LogP contribution in [0.15, 0.2) is 0 Å². The predicted octanol–water partition coefficient (Wildman–Crippen LogP) is -0.481. The average Bonchev–Trinajstić information content (AvgIpc) is 2.20. The number of hydrogen-bond acceptors (Lipinski definition) is 4. The van der Waals surface area contributed by atoms with Crippen LogP contribution in [0.5, 0.6) is 0 Å². The van der Waals surface area contributed by atoms with Crippen molar-refractivity contribution in [1.82, 2.24) is 10.0 Å². The summed E-state index contributed by atoms with van der Waals surface area (Å²) >= 11 is 0. The topological polar surface area (TPSA) is 95.5 Å². The van der Waals surface area contributed by atoms with Crippen molar-refractivity contribution in [2.45, 2.75) is 44.0 Å². The molecule has 1 heterocycles. The normalized spacial score (nSPS) is 28.6. The third-order valence-electron chi connectivity index (χ3n) is 2.89. The fraction of sp³-hybridized carbons (Fsp3) is 0.889. The molecule has 7 heteroatoms. The van der Waals surface area contributed by atoms with E-state index in [0.717, 1.165) is 19.4 Å². The monoisotopic (exact) mass is 250 g/mol. The van der Waals surface area contributed by atoms with E-state index >= 15 is 0 Å². The van der Waals surface area contributed by atoms with Gasteiger partial charge in [-0.25, -0.2) is 13.1 Å². The molecule has 1 rings (SSSR count). The van der Waals surface area contributed by atoms with Gasteiger partial charge < -0.3 is 10.4 Å². The molecule has 0 radical (unpaired) electrons. The first kappa shape index (κ1) is 13.4. The first-order valence-corrected chi connectivity index (χ1v) is 6.86. The van der Waals surface area contributed by atoms with Gasteiger partial charge >= 0.3 is 5.97 Å². The highest BCUT2D eigenvalue weighted by Crippen LogP contribution is 2.11. The quantitative estimate of drug-likeness (QED) is 0.626. The molecule has 16 heavy (non-hydrogen) atoms. The Bertz CT molecular complexity index is 355. The lowest BCUT2D eigenvalue weighted by Gasteiger charge is -2.30. The lowest BCUT2D eigenvalue weighted by Crippen LogP contribution is -2.54. The van der Waals surface area contributed by atoms with Crippen LogP contribution in [-0.4, -0.2) is 43.4 Å². The zero-order chi connectivity index (χ0) is 12.3. The number of carboxylic acids is 1. The Morgan fingerprint density at radius 2 is 2.19 bits per heavy atom. The first-order valence-electron chi connectivity index (χ1n) is 5.32. The molecule has 6 nitrogen and oxygen atoms in total. The largest absolute Gasteiger partial charge is 0.480 e. The van der Waals surface area contributed by atoms with E-state index in [9.17, 15) is 13.2 Å². The van der Waals surface area contributed by atoms with Gasteiger partial charge in [0.05, 0.1) is 0 Å². The summed E-state index contributed by atoms with van der Waals surface area (Å²) in [6, 6.07) is -0.190. The van der Waals surface area contributed by atoms with E-state index in [1.54, 1.807) is 0 Å². The van der Waals surface area contributed by atoms with E-state index in [2.05, 4.69) is 10.0 Å². The molecule has 1 aliphatic rings. The zero-order valence-corrected chi connectivity index (χ0v) is 10.3. The molecule has 1 aliphatic heterocycles. The highest BCUT2D eigenvalue weighted by Gasteiger charge is 2.32. The van der Waals surface area contributed by atoms with Gasteiger partial charge in [0.25, 0.3) is 0 Å². The molecule has 0 aromatic rings. The summed E-state index contributed by atoms with van der Waals surface area (Å²) in [5.74, 6) is -1.33. The Balaban J connectivity index is 2.68. The number of piperidine rings is 1. The zero-order valence-electron chi connectivity index (χ0n) is 9.43. The SMILES string of the molecule is CC1NCCCC1NS(=O)(=O)C(C)C(=O)O. The molecule has 0 spiro atoms. The summed E-state index contributed by atoms with van der Waals surface area (Å²) < 4.78 is 25.8. The average molecular weight is 250 g/mol. The van der Waals surface area contributed by atoms with E-state index in [0.29, 0.717) is 0 Å². The molecule has 0 aromatic heterocycles. The fourth-order valence-electron chi connectivity index (χ4n) is 1.65. The minimum absolute atomic E-state index is 0.0320. The predicted molar refractivity (Wildman–Crippen MR) is 59.6 cm³/mol. The van der Waals surface area contributed by atoms with Crippen LogP contribution in [0.25, 0.3) is 0 Å². The van der Waals surface area contributed by atoms with E-state index in [-0.39, 0.29) is 12.1 Å². The Kier molecular flexibility index (Phi) is 4.28. The molecule has 0 aromatic carbocycles. The maximum atomic E-state index is 11.7. The summed E-state index contributed by atoms with van der Waals surface area (Å²) in [6.07, 6.45) is 1.62. The molecule has 1 fully saturated rings. The molecule has 0 saturated carbocycles. The molecule has 1 saturated heterocycles. The second-order valence-corrected chi connectivity index (χ2v) is 6.17. The van der Waals surface area contributed by atoms with Crippen molar-refractivity contribution in [1.29, 1.82) is 0 Å². The van der Waals surface area contributed by atoms with Gasteiger partial charge in [-0.15, -0.1) is 0 Å². The van der Waals surface area contributed by atoms with Crippen molar-refractivity contribution >= 4 is 16.0 Å². The molecule has 3 unspecified atom stereocenters. The summed E-state index contributed by atoms with van der Waals surface area (Å²) in [6.45, 7) is 3.93. The van der Waals surface area contributed by atoms with Gasteiger partial charge in [-0.3, -0.25) is 4.79 Å². The Labute approximate surface area is 95.5 Å². The molecular formula is C9H18N2O4S. The maximum Gasteiger partial charge on any atom is 0.323 e. The number of aliphatic carboxylic acids is 1. The second kappa shape index (κ2) is 5.11. The molecule has 0 amide bonds. The number of rotatable bonds is 4. The van der Waals surface area contributed by atoms with Crippen LogP contribution in [-0.2, 0) is 14.8 Å². The number of nitrogens with one attached hydrogen (secondary N) is 2. The van der Waals surface area contributed by atoms with Crippen molar-refractivity contribution in [3.05, 3.63) is 0 Å². The van der Waals surface area contributed by atoms with Crippen LogP contribution in [0.3, 0.4) is 0 Å². The summed E-state index contributed by atoms with van der Waals surface area (Å²) in [5, 5.41) is 10.4. The standard InChI is InChI=1S/C9H18N2O4S/c1-6-8(4-3-5-10-6)11-16(14,15)7(2)9(12)13/h6-8,10-11H,3-5H2,1-2H3,(H,12,13). The Morgan fingerprint density at radius 1 is 1.56 bits per heavy atom. The van der Waals surface area contributed by atoms with E-state index in [1.807, 2.05) is 6.92 Å². The van der Waals surface area contributed by atoms with Crippen LogP contribution in [0, 0.1) is 0 Å². The second-order valence-electron chi connectivity index (χ2n) is 4.13. The van der Waals surface area contributed by atoms with Crippen LogP contribution in [0.2, 0.25) is 0 Å². The third-order valence-corrected chi connectivity index (χ3v) is 4.65. The minimum atomic E-state index is -3.78. The molecule has 3 N–H and O–H groups in total. The van der Waals surface area contributed by atoms with Crippen molar-refractivity contribution in [2.24, 2.45) is 0 Å². The maximum absolute atomic E-state index is 11.7. The van der Waals surface area contributed by atoms with E-state index < -0.39 is 21.2 Å². The summed E-state index contributed by atoms with van der Waals surface area (Å²) in [4.78, 5) is 10.6. The van der Waals surface area contributed by atoms with Crippen molar-refractivity contribution < 1.29 is 18.3 Å². The minimum Gasteiger partial charge on any atom is -0.480 e. The highest BCUT2D eigenvalue weighted by atomic mass is 32.2. The van der Waals surface area contributed by atoms with Gasteiger partial charge in [0, 0.05) is 12.1 Å². The molecule has 3 atom stereocenters. The van der Waals surface area contributed by atoms with Gasteiger partial charge in [-0.2, -0.15) is 0 Å². The van der Waals surface area contributed by atoms with Gasteiger partial charge in [-0.05, 0) is 33.2 Å². The number of carboxylic acid groups (broad SMARTS) is 1. The van der Waals surface area contributed by atoms with Crippen LogP contribution in [0.4, 0.5) is 0 Å². The number of sulfonamides is 1. The third kappa shape index (κ3) is 3.16.